The minimum Gasteiger partial charge on any atom is -0.493 e. The van der Waals surface area contributed by atoms with E-state index >= 15 is 0 Å². The van der Waals surface area contributed by atoms with Gasteiger partial charge in [-0.25, -0.2) is 0 Å². The molecule has 23 heavy (non-hydrogen) atoms. The Morgan fingerprint density at radius 2 is 2.09 bits per heavy atom. The van der Waals surface area contributed by atoms with Gasteiger partial charge in [0, 0.05) is 13.1 Å². The molecule has 0 radical (unpaired) electrons. The van der Waals surface area contributed by atoms with Crippen LogP contribution in [0.15, 0.2) is 23.2 Å². The van der Waals surface area contributed by atoms with Crippen LogP contribution in [0.3, 0.4) is 0 Å². The van der Waals surface area contributed by atoms with Crippen LogP contribution < -0.4 is 20.5 Å². The van der Waals surface area contributed by atoms with Crippen LogP contribution in [0.2, 0.25) is 0 Å². The molecule has 0 fully saturated rings. The lowest BCUT2D eigenvalue weighted by Crippen LogP contribution is -2.33. The molecule has 0 aromatic heterocycles. The first-order valence-corrected chi connectivity index (χ1v) is 7.22. The molecule has 0 spiro atoms. The van der Waals surface area contributed by atoms with Gasteiger partial charge in [0.1, 0.15) is 0 Å². The van der Waals surface area contributed by atoms with Gasteiger partial charge < -0.3 is 20.5 Å². The number of halogens is 3. The Morgan fingerprint density at radius 3 is 2.70 bits per heavy atom. The van der Waals surface area contributed by atoms with Crippen molar-refractivity contribution in [1.29, 1.82) is 0 Å². The molecule has 1 aromatic carbocycles. The van der Waals surface area contributed by atoms with E-state index in [2.05, 4.69) is 22.0 Å². The fourth-order valence-corrected chi connectivity index (χ4v) is 1.81. The van der Waals surface area contributed by atoms with Gasteiger partial charge in [0.05, 0.1) is 7.11 Å². The molecule has 1 aromatic rings. The number of aliphatic imine (C=N–C) groups is 1. The molecule has 1 rings (SSSR count). The fraction of sp³-hybridized carbons (Fsp3) is 0.533. The van der Waals surface area contributed by atoms with Crippen LogP contribution in [0.1, 0.15) is 25.3 Å². The second-order valence-electron chi connectivity index (χ2n) is 4.66. The average molecular weight is 443 g/mol. The summed E-state index contributed by atoms with van der Waals surface area (Å²) in [7, 11) is 1.41. The third kappa shape index (κ3) is 8.77. The van der Waals surface area contributed by atoms with E-state index in [1.54, 1.807) is 12.1 Å². The Bertz CT molecular complexity index is 488. The molecule has 0 saturated carbocycles. The first kappa shape index (κ1) is 21.7. The highest BCUT2D eigenvalue weighted by Gasteiger charge is 2.11. The lowest BCUT2D eigenvalue weighted by atomic mass is 10.1. The number of methoxy groups -OCH3 is 1. The first-order chi connectivity index (χ1) is 10.6. The molecule has 0 aliphatic rings. The lowest BCUT2D eigenvalue weighted by Gasteiger charge is -2.12. The van der Waals surface area contributed by atoms with Crippen LogP contribution in [0.25, 0.3) is 0 Å². The number of hydrogen-bond donors (Lipinski definition) is 2. The average Bonchev–Trinajstić information content (AvgIpc) is 2.47. The third-order valence-corrected chi connectivity index (χ3v) is 2.96. The maximum Gasteiger partial charge on any atom is 0.387 e. The van der Waals surface area contributed by atoms with Crippen molar-refractivity contribution in [2.45, 2.75) is 32.8 Å². The molecule has 0 bridgehead atoms. The molecule has 0 unspecified atom stereocenters. The van der Waals surface area contributed by atoms with E-state index in [4.69, 9.17) is 10.5 Å². The highest BCUT2D eigenvalue weighted by atomic mass is 127. The molecule has 0 saturated heterocycles. The fourth-order valence-electron chi connectivity index (χ4n) is 1.81. The second kappa shape index (κ2) is 12.1. The molecule has 3 N–H and O–H groups in total. The van der Waals surface area contributed by atoms with Crippen molar-refractivity contribution in [2.75, 3.05) is 20.2 Å². The molecular formula is C15H24F2IN3O2. The van der Waals surface area contributed by atoms with Crippen molar-refractivity contribution in [3.05, 3.63) is 23.8 Å². The first-order valence-electron chi connectivity index (χ1n) is 7.22. The molecule has 132 valence electrons. The number of rotatable bonds is 9. The predicted molar refractivity (Wildman–Crippen MR) is 98.1 cm³/mol. The number of unbranched alkanes of at least 4 members (excludes halogenated alkanes) is 1. The second-order valence-corrected chi connectivity index (χ2v) is 4.66. The summed E-state index contributed by atoms with van der Waals surface area (Å²) >= 11 is 0. The SMILES string of the molecule is CCCCN=C(N)NCCc1ccc(OC)c(OC(F)F)c1.I. The van der Waals surface area contributed by atoms with Gasteiger partial charge >= 0.3 is 6.61 Å². The Hall–Kier alpha value is -1.32. The molecule has 5 nitrogen and oxygen atoms in total. The zero-order chi connectivity index (χ0) is 16.4. The van der Waals surface area contributed by atoms with E-state index in [0.29, 0.717) is 25.5 Å². The van der Waals surface area contributed by atoms with Crippen molar-refractivity contribution < 1.29 is 18.3 Å². The van der Waals surface area contributed by atoms with E-state index in [-0.39, 0.29) is 35.5 Å². The molecule has 0 aliphatic carbocycles. The Kier molecular flexibility index (Phi) is 11.4. The summed E-state index contributed by atoms with van der Waals surface area (Å²) in [6.45, 7) is 0.456. The molecule has 0 amide bonds. The molecular weight excluding hydrogens is 419 g/mol. The quantitative estimate of drug-likeness (QED) is 0.266. The van der Waals surface area contributed by atoms with Crippen molar-refractivity contribution in [2.24, 2.45) is 10.7 Å². The minimum atomic E-state index is -2.89. The maximum absolute atomic E-state index is 12.4. The largest absolute Gasteiger partial charge is 0.493 e. The third-order valence-electron chi connectivity index (χ3n) is 2.96. The van der Waals surface area contributed by atoms with Crippen LogP contribution in [-0.2, 0) is 6.42 Å². The Labute approximate surface area is 152 Å². The summed E-state index contributed by atoms with van der Waals surface area (Å²) in [5.74, 6) is 0.697. The van der Waals surface area contributed by atoms with E-state index < -0.39 is 6.61 Å². The molecule has 8 heteroatoms. The molecule has 0 heterocycles. The maximum atomic E-state index is 12.4. The summed E-state index contributed by atoms with van der Waals surface area (Å²) < 4.78 is 34.1. The number of guanidine groups is 1. The Balaban J connectivity index is 0.00000484. The number of hydrogen-bond acceptors (Lipinski definition) is 3. The summed E-state index contributed by atoms with van der Waals surface area (Å²) in [4.78, 5) is 4.17. The normalized spacial score (nSPS) is 11.1. The zero-order valence-corrected chi connectivity index (χ0v) is 15.7. The van der Waals surface area contributed by atoms with E-state index in [1.165, 1.54) is 13.2 Å². The van der Waals surface area contributed by atoms with Gasteiger partial charge in [0.2, 0.25) is 0 Å². The highest BCUT2D eigenvalue weighted by Crippen LogP contribution is 2.29. The van der Waals surface area contributed by atoms with E-state index in [1.807, 2.05) is 0 Å². The van der Waals surface area contributed by atoms with Gasteiger partial charge in [-0.05, 0) is 30.5 Å². The zero-order valence-electron chi connectivity index (χ0n) is 13.4. The van der Waals surface area contributed by atoms with Crippen LogP contribution in [0.5, 0.6) is 11.5 Å². The van der Waals surface area contributed by atoms with Crippen molar-refractivity contribution >= 4 is 29.9 Å². The number of alkyl halides is 2. The van der Waals surface area contributed by atoms with Gasteiger partial charge in [0.15, 0.2) is 17.5 Å². The monoisotopic (exact) mass is 443 g/mol. The standard InChI is InChI=1S/C15H23F2N3O2.HI/c1-3-4-8-19-15(18)20-9-7-11-5-6-12(21-2)13(10-11)22-14(16)17;/h5-6,10,14H,3-4,7-9H2,1-2H3,(H3,18,19,20);1H. The van der Waals surface area contributed by atoms with Crippen molar-refractivity contribution in [1.82, 2.24) is 5.32 Å². The van der Waals surface area contributed by atoms with Gasteiger partial charge in [-0.1, -0.05) is 19.4 Å². The highest BCUT2D eigenvalue weighted by molar-refractivity contribution is 14.0. The van der Waals surface area contributed by atoms with Gasteiger partial charge in [-0.3, -0.25) is 4.99 Å². The van der Waals surface area contributed by atoms with Crippen molar-refractivity contribution in [3.63, 3.8) is 0 Å². The summed E-state index contributed by atoms with van der Waals surface area (Å²) in [6.07, 6.45) is 2.66. The number of ether oxygens (including phenoxy) is 2. The van der Waals surface area contributed by atoms with Crippen LogP contribution in [0.4, 0.5) is 8.78 Å². The van der Waals surface area contributed by atoms with E-state index in [9.17, 15) is 8.78 Å². The minimum absolute atomic E-state index is 0. The summed E-state index contributed by atoms with van der Waals surface area (Å²) in [5, 5.41) is 2.99. The lowest BCUT2D eigenvalue weighted by molar-refractivity contribution is -0.0512. The molecule has 0 aliphatic heterocycles. The predicted octanol–water partition coefficient (Wildman–Crippen LogP) is 3.16. The number of nitrogens with two attached hydrogens (primary N) is 1. The van der Waals surface area contributed by atoms with Crippen molar-refractivity contribution in [3.8, 4) is 11.5 Å². The van der Waals surface area contributed by atoms with Crippen LogP contribution in [-0.4, -0.2) is 32.8 Å². The van der Waals surface area contributed by atoms with Gasteiger partial charge in [-0.2, -0.15) is 8.78 Å². The van der Waals surface area contributed by atoms with Crippen LogP contribution in [0, 0.1) is 0 Å². The summed E-state index contributed by atoms with van der Waals surface area (Å²) in [6, 6.07) is 4.94. The van der Waals surface area contributed by atoms with Crippen LogP contribution >= 0.6 is 24.0 Å². The van der Waals surface area contributed by atoms with Gasteiger partial charge in [0.25, 0.3) is 0 Å². The van der Waals surface area contributed by atoms with Gasteiger partial charge in [-0.15, -0.1) is 24.0 Å². The number of nitrogens with zero attached hydrogens (tertiary/aromatic N) is 1. The topological polar surface area (TPSA) is 68.9 Å². The number of benzene rings is 1. The Morgan fingerprint density at radius 1 is 1.35 bits per heavy atom. The smallest absolute Gasteiger partial charge is 0.387 e. The van der Waals surface area contributed by atoms with E-state index in [0.717, 1.165) is 18.4 Å². The number of nitrogens with one attached hydrogen (secondary N) is 1. The summed E-state index contributed by atoms with van der Waals surface area (Å²) in [5.41, 5.74) is 6.55. The molecule has 0 atom stereocenters.